The third-order valence-electron chi connectivity index (χ3n) is 6.61. The predicted octanol–water partition coefficient (Wildman–Crippen LogP) is 2.88. The number of nitrogens with zero attached hydrogens (tertiary/aromatic N) is 2. The number of hydrogen-bond acceptors (Lipinski definition) is 5. The number of aromatic nitrogens is 1. The zero-order valence-corrected chi connectivity index (χ0v) is 17.4. The molecule has 1 N–H and O–H groups in total. The summed E-state index contributed by atoms with van der Waals surface area (Å²) in [5, 5.41) is 3.24. The van der Waals surface area contributed by atoms with Gasteiger partial charge in [0.05, 0.1) is 14.2 Å². The maximum Gasteiger partial charge on any atom is 0.251 e. The lowest BCUT2D eigenvalue weighted by atomic mass is 9.63. The molecule has 1 aromatic carbocycles. The molecule has 0 spiro atoms. The van der Waals surface area contributed by atoms with Crippen LogP contribution in [0.25, 0.3) is 0 Å². The summed E-state index contributed by atoms with van der Waals surface area (Å²) < 4.78 is 11.0. The Hall–Kier alpha value is -2.60. The lowest BCUT2D eigenvalue weighted by molar-refractivity contribution is 0.0904. The molecule has 0 unspecified atom stereocenters. The number of hydrogen-bond donors (Lipinski definition) is 1. The molecule has 1 amide bonds. The van der Waals surface area contributed by atoms with Crippen molar-refractivity contribution in [2.24, 2.45) is 5.92 Å². The molecule has 1 saturated carbocycles. The minimum Gasteiger partial charge on any atom is -0.493 e. The van der Waals surface area contributed by atoms with Crippen LogP contribution in [0.4, 0.5) is 0 Å². The zero-order chi connectivity index (χ0) is 20.4. The van der Waals surface area contributed by atoms with E-state index in [1.807, 2.05) is 6.07 Å². The summed E-state index contributed by atoms with van der Waals surface area (Å²) in [5.74, 6) is 2.01. The summed E-state index contributed by atoms with van der Waals surface area (Å²) in [6.45, 7) is 2.06. The highest BCUT2D eigenvalue weighted by Crippen LogP contribution is 2.49. The van der Waals surface area contributed by atoms with E-state index in [0.717, 1.165) is 43.9 Å². The number of ether oxygens (including phenoxy) is 2. The third-order valence-corrected chi connectivity index (χ3v) is 6.61. The van der Waals surface area contributed by atoms with Crippen molar-refractivity contribution in [3.05, 3.63) is 53.9 Å². The van der Waals surface area contributed by atoms with Crippen LogP contribution in [-0.4, -0.2) is 56.2 Å². The van der Waals surface area contributed by atoms with Crippen LogP contribution in [0.3, 0.4) is 0 Å². The van der Waals surface area contributed by atoms with Gasteiger partial charge in [0, 0.05) is 42.5 Å². The first-order valence-electron chi connectivity index (χ1n) is 10.2. The second-order valence-electron chi connectivity index (χ2n) is 8.30. The average Bonchev–Trinajstić information content (AvgIpc) is 3.10. The summed E-state index contributed by atoms with van der Waals surface area (Å²) in [6.07, 6.45) is 6.30. The van der Waals surface area contributed by atoms with Crippen LogP contribution in [-0.2, 0) is 5.41 Å². The molecule has 154 valence electrons. The standard InChI is InChI=1S/C23H29N3O3/c1-26-14-18-12-19(25-22(27)16-7-10-24-11-8-16)6-9-23(18,15-26)17-4-5-20(28-2)21(13-17)29-3/h4-5,7-8,10-11,13,18-19H,6,9,12,14-15H2,1-3H3,(H,25,27)/t18-,19-,23+/m1/s1. The summed E-state index contributed by atoms with van der Waals surface area (Å²) in [7, 11) is 5.53. The van der Waals surface area contributed by atoms with Gasteiger partial charge in [-0.25, -0.2) is 0 Å². The van der Waals surface area contributed by atoms with Gasteiger partial charge >= 0.3 is 0 Å². The van der Waals surface area contributed by atoms with E-state index in [0.29, 0.717) is 11.5 Å². The first-order valence-corrected chi connectivity index (χ1v) is 10.2. The first kappa shape index (κ1) is 19.7. The fourth-order valence-electron chi connectivity index (χ4n) is 5.22. The van der Waals surface area contributed by atoms with Crippen LogP contribution in [0.2, 0.25) is 0 Å². The van der Waals surface area contributed by atoms with Gasteiger partial charge in [0.2, 0.25) is 0 Å². The van der Waals surface area contributed by atoms with Gasteiger partial charge in [0.1, 0.15) is 0 Å². The van der Waals surface area contributed by atoms with E-state index < -0.39 is 0 Å². The molecule has 2 fully saturated rings. The highest BCUT2D eigenvalue weighted by atomic mass is 16.5. The highest BCUT2D eigenvalue weighted by Gasteiger charge is 2.50. The largest absolute Gasteiger partial charge is 0.493 e. The fourth-order valence-corrected chi connectivity index (χ4v) is 5.22. The zero-order valence-electron chi connectivity index (χ0n) is 17.4. The molecule has 29 heavy (non-hydrogen) atoms. The van der Waals surface area contributed by atoms with Crippen molar-refractivity contribution in [2.75, 3.05) is 34.4 Å². The number of methoxy groups -OCH3 is 2. The first-order chi connectivity index (χ1) is 14.1. The Kier molecular flexibility index (Phi) is 5.46. The molecular weight excluding hydrogens is 366 g/mol. The molecule has 0 bridgehead atoms. The van der Waals surface area contributed by atoms with Crippen LogP contribution >= 0.6 is 0 Å². The van der Waals surface area contributed by atoms with Gasteiger partial charge in [-0.2, -0.15) is 0 Å². The molecule has 6 heteroatoms. The van der Waals surface area contributed by atoms with Crippen LogP contribution in [0.15, 0.2) is 42.7 Å². The quantitative estimate of drug-likeness (QED) is 0.843. The Morgan fingerprint density at radius 3 is 2.66 bits per heavy atom. The van der Waals surface area contributed by atoms with E-state index in [1.54, 1.807) is 38.7 Å². The molecule has 3 atom stereocenters. The van der Waals surface area contributed by atoms with Crippen molar-refractivity contribution < 1.29 is 14.3 Å². The van der Waals surface area contributed by atoms with E-state index in [-0.39, 0.29) is 17.4 Å². The predicted molar refractivity (Wildman–Crippen MR) is 112 cm³/mol. The van der Waals surface area contributed by atoms with E-state index in [4.69, 9.17) is 9.47 Å². The van der Waals surface area contributed by atoms with Crippen LogP contribution in [0.5, 0.6) is 11.5 Å². The van der Waals surface area contributed by atoms with E-state index in [1.165, 1.54) is 5.56 Å². The van der Waals surface area contributed by atoms with Crippen LogP contribution in [0.1, 0.15) is 35.2 Å². The number of pyridine rings is 1. The van der Waals surface area contributed by atoms with E-state index in [9.17, 15) is 4.79 Å². The Morgan fingerprint density at radius 1 is 1.17 bits per heavy atom. The van der Waals surface area contributed by atoms with Crippen molar-refractivity contribution in [1.29, 1.82) is 0 Å². The van der Waals surface area contributed by atoms with Crippen LogP contribution < -0.4 is 14.8 Å². The fraction of sp³-hybridized carbons (Fsp3) is 0.478. The molecule has 6 nitrogen and oxygen atoms in total. The number of carbonyl (C=O) groups is 1. The topological polar surface area (TPSA) is 63.7 Å². The summed E-state index contributed by atoms with van der Waals surface area (Å²) >= 11 is 0. The van der Waals surface area contributed by atoms with Crippen molar-refractivity contribution >= 4 is 5.91 Å². The van der Waals surface area contributed by atoms with E-state index in [2.05, 4.69) is 34.4 Å². The Balaban J connectivity index is 1.54. The number of carbonyl (C=O) groups excluding carboxylic acids is 1. The Bertz CT molecular complexity index is 873. The van der Waals surface area contributed by atoms with Gasteiger partial charge < -0.3 is 19.7 Å². The molecule has 4 rings (SSSR count). The number of likely N-dealkylation sites (N-methyl/N-ethyl adjacent to an activating group) is 1. The normalized spacial score (nSPS) is 26.6. The maximum absolute atomic E-state index is 12.6. The number of nitrogens with one attached hydrogen (secondary N) is 1. The SMILES string of the molecule is COc1ccc([C@@]23CC[C@@H](NC(=O)c4ccncc4)C[C@@H]2CN(C)C3)cc1OC. The molecule has 2 heterocycles. The van der Waals surface area contributed by atoms with Gasteiger partial charge in [0.15, 0.2) is 11.5 Å². The third kappa shape index (κ3) is 3.69. The molecule has 0 radical (unpaired) electrons. The van der Waals surface area contributed by atoms with Gasteiger partial charge in [-0.1, -0.05) is 6.07 Å². The van der Waals surface area contributed by atoms with Gasteiger partial charge in [-0.3, -0.25) is 9.78 Å². The summed E-state index contributed by atoms with van der Waals surface area (Å²) in [5.41, 5.74) is 2.07. The van der Waals surface area contributed by atoms with Crippen molar-refractivity contribution in [2.45, 2.75) is 30.7 Å². The minimum absolute atomic E-state index is 0.0117. The molecule has 2 aromatic rings. The number of amides is 1. The van der Waals surface area contributed by atoms with Gasteiger partial charge in [-0.05, 0) is 62.1 Å². The summed E-state index contributed by atoms with van der Waals surface area (Å²) in [6, 6.07) is 10.0. The second-order valence-corrected chi connectivity index (χ2v) is 8.30. The maximum atomic E-state index is 12.6. The smallest absolute Gasteiger partial charge is 0.251 e. The average molecular weight is 396 g/mol. The lowest BCUT2D eigenvalue weighted by Gasteiger charge is -2.43. The minimum atomic E-state index is -0.0117. The Labute approximate surface area is 172 Å². The number of likely N-dealkylation sites (tertiary alicyclic amines) is 1. The number of rotatable bonds is 5. The summed E-state index contributed by atoms with van der Waals surface area (Å²) in [4.78, 5) is 19.0. The van der Waals surface area contributed by atoms with Crippen molar-refractivity contribution in [3.8, 4) is 11.5 Å². The van der Waals surface area contributed by atoms with E-state index >= 15 is 0 Å². The molecule has 1 saturated heterocycles. The monoisotopic (exact) mass is 395 g/mol. The van der Waals surface area contributed by atoms with Crippen LogP contribution in [0, 0.1) is 5.92 Å². The van der Waals surface area contributed by atoms with Gasteiger partial charge in [0.25, 0.3) is 5.91 Å². The molecular formula is C23H29N3O3. The highest BCUT2D eigenvalue weighted by molar-refractivity contribution is 5.94. The lowest BCUT2D eigenvalue weighted by Crippen LogP contribution is -2.47. The number of fused-ring (bicyclic) bond motifs is 1. The number of benzene rings is 1. The second kappa shape index (κ2) is 8.03. The van der Waals surface area contributed by atoms with Crippen molar-refractivity contribution in [3.63, 3.8) is 0 Å². The molecule has 2 aliphatic rings. The molecule has 1 aliphatic heterocycles. The molecule has 1 aromatic heterocycles. The van der Waals surface area contributed by atoms with Gasteiger partial charge in [-0.15, -0.1) is 0 Å². The van der Waals surface area contributed by atoms with Crippen molar-refractivity contribution in [1.82, 2.24) is 15.2 Å². The molecule has 1 aliphatic carbocycles. The Morgan fingerprint density at radius 2 is 1.93 bits per heavy atom.